The van der Waals surface area contributed by atoms with Crippen molar-refractivity contribution in [2.75, 3.05) is 39.2 Å². The van der Waals surface area contributed by atoms with Crippen molar-refractivity contribution in [2.24, 2.45) is 0 Å². The predicted molar refractivity (Wildman–Crippen MR) is 98.0 cm³/mol. The number of halogens is 1. The first-order valence-corrected chi connectivity index (χ1v) is 9.07. The molecular formula is C19H33ClN2O3. The first kappa shape index (κ1) is 23.5. The molecule has 144 valence electrons. The monoisotopic (exact) mass is 372 g/mol. The topological polar surface area (TPSA) is 52.0 Å². The van der Waals surface area contributed by atoms with Crippen LogP contribution in [0.25, 0.3) is 0 Å². The van der Waals surface area contributed by atoms with Gasteiger partial charge in [-0.25, -0.2) is 4.79 Å². The molecule has 2 N–H and O–H groups in total. The van der Waals surface area contributed by atoms with Crippen molar-refractivity contribution in [2.45, 2.75) is 45.4 Å². The SMILES string of the molecule is CCCCCCCCOc1ccc(NC(=O)OCC[NH+](C)C)cc1.[Cl-]. The van der Waals surface area contributed by atoms with Crippen molar-refractivity contribution in [3.8, 4) is 5.75 Å². The third-order valence-corrected chi connectivity index (χ3v) is 3.70. The zero-order chi connectivity index (χ0) is 17.6. The number of carbonyl (C=O) groups excluding carboxylic acids is 1. The molecule has 0 saturated carbocycles. The molecule has 0 bridgehead atoms. The van der Waals surface area contributed by atoms with Gasteiger partial charge in [0, 0.05) is 5.69 Å². The van der Waals surface area contributed by atoms with Crippen LogP contribution in [0.2, 0.25) is 0 Å². The molecule has 0 aliphatic carbocycles. The molecule has 0 heterocycles. The Morgan fingerprint density at radius 3 is 2.28 bits per heavy atom. The van der Waals surface area contributed by atoms with Crippen LogP contribution >= 0.6 is 0 Å². The molecule has 6 heteroatoms. The Hall–Kier alpha value is -1.46. The van der Waals surface area contributed by atoms with Crippen molar-refractivity contribution in [1.29, 1.82) is 0 Å². The molecule has 0 radical (unpaired) electrons. The lowest BCUT2D eigenvalue weighted by molar-refractivity contribution is -0.858. The van der Waals surface area contributed by atoms with Gasteiger partial charge in [-0.1, -0.05) is 39.0 Å². The second kappa shape index (κ2) is 14.8. The summed E-state index contributed by atoms with van der Waals surface area (Å²) in [5, 5.41) is 2.71. The Morgan fingerprint density at radius 1 is 1.00 bits per heavy atom. The highest BCUT2D eigenvalue weighted by molar-refractivity contribution is 5.84. The number of nitrogens with one attached hydrogen (secondary N) is 2. The highest BCUT2D eigenvalue weighted by Gasteiger charge is 2.04. The minimum atomic E-state index is -0.419. The third-order valence-electron chi connectivity index (χ3n) is 3.70. The fourth-order valence-corrected chi connectivity index (χ4v) is 2.21. The van der Waals surface area contributed by atoms with Gasteiger partial charge in [0.25, 0.3) is 0 Å². The molecule has 0 aliphatic rings. The molecule has 1 aromatic carbocycles. The van der Waals surface area contributed by atoms with Crippen LogP contribution in [-0.2, 0) is 4.74 Å². The highest BCUT2D eigenvalue weighted by Crippen LogP contribution is 2.16. The molecule has 0 fully saturated rings. The summed E-state index contributed by atoms with van der Waals surface area (Å²) in [6, 6.07) is 7.40. The van der Waals surface area contributed by atoms with Gasteiger partial charge in [-0.2, -0.15) is 0 Å². The van der Waals surface area contributed by atoms with Crippen molar-refractivity contribution in [3.63, 3.8) is 0 Å². The Balaban J connectivity index is 0.00000576. The summed E-state index contributed by atoms with van der Waals surface area (Å²) >= 11 is 0. The number of carbonyl (C=O) groups is 1. The van der Waals surface area contributed by atoms with Gasteiger partial charge in [-0.05, 0) is 30.7 Å². The Morgan fingerprint density at radius 2 is 1.64 bits per heavy atom. The van der Waals surface area contributed by atoms with Gasteiger partial charge in [-0.15, -0.1) is 0 Å². The normalized spacial score (nSPS) is 10.2. The maximum absolute atomic E-state index is 11.6. The van der Waals surface area contributed by atoms with Gasteiger partial charge in [-0.3, -0.25) is 5.32 Å². The van der Waals surface area contributed by atoms with Gasteiger partial charge < -0.3 is 26.8 Å². The van der Waals surface area contributed by atoms with E-state index in [0.29, 0.717) is 12.3 Å². The maximum Gasteiger partial charge on any atom is 0.411 e. The van der Waals surface area contributed by atoms with Crippen molar-refractivity contribution in [1.82, 2.24) is 0 Å². The molecule has 0 aromatic heterocycles. The molecule has 0 atom stereocenters. The molecule has 0 saturated heterocycles. The molecule has 0 spiro atoms. The van der Waals surface area contributed by atoms with Gasteiger partial charge in [0.1, 0.15) is 18.9 Å². The first-order chi connectivity index (χ1) is 11.6. The number of hydrogen-bond acceptors (Lipinski definition) is 3. The molecule has 0 unspecified atom stereocenters. The third kappa shape index (κ3) is 12.5. The molecule has 1 amide bonds. The quantitative estimate of drug-likeness (QED) is 0.512. The lowest BCUT2D eigenvalue weighted by atomic mass is 10.1. The molecule has 1 rings (SSSR count). The summed E-state index contributed by atoms with van der Waals surface area (Å²) in [4.78, 5) is 12.9. The molecular weight excluding hydrogens is 340 g/mol. The number of amides is 1. The minimum Gasteiger partial charge on any atom is -1.00 e. The Labute approximate surface area is 158 Å². The van der Waals surface area contributed by atoms with E-state index in [9.17, 15) is 4.79 Å². The smallest absolute Gasteiger partial charge is 0.411 e. The van der Waals surface area contributed by atoms with Gasteiger partial charge in [0.15, 0.2) is 0 Å². The summed E-state index contributed by atoms with van der Waals surface area (Å²) in [6.45, 7) is 4.17. The van der Waals surface area contributed by atoms with Crippen LogP contribution in [0, 0.1) is 0 Å². The number of benzene rings is 1. The van der Waals surface area contributed by atoms with Crippen molar-refractivity contribution >= 4 is 11.8 Å². The zero-order valence-corrected chi connectivity index (χ0v) is 16.5. The van der Waals surface area contributed by atoms with E-state index >= 15 is 0 Å². The van der Waals surface area contributed by atoms with Crippen LogP contribution in [0.1, 0.15) is 45.4 Å². The van der Waals surface area contributed by atoms with E-state index in [1.54, 1.807) is 0 Å². The van der Waals surface area contributed by atoms with Crippen molar-refractivity contribution < 1.29 is 31.6 Å². The van der Waals surface area contributed by atoms with Crippen LogP contribution in [0.15, 0.2) is 24.3 Å². The van der Waals surface area contributed by atoms with Crippen LogP contribution in [-0.4, -0.2) is 39.9 Å². The highest BCUT2D eigenvalue weighted by atomic mass is 35.5. The number of rotatable bonds is 12. The first-order valence-electron chi connectivity index (χ1n) is 9.07. The predicted octanol–water partition coefficient (Wildman–Crippen LogP) is 0.123. The molecule has 0 aliphatic heterocycles. The number of quaternary nitrogens is 1. The van der Waals surface area contributed by atoms with E-state index in [-0.39, 0.29) is 12.4 Å². The van der Waals surface area contributed by atoms with Crippen LogP contribution in [0.5, 0.6) is 5.75 Å². The standard InChI is InChI=1S/C19H32N2O3.ClH/c1-4-5-6-7-8-9-15-23-18-12-10-17(11-13-18)20-19(22)24-16-14-21(2)3;/h10-13H,4-9,14-16H2,1-3H3,(H,20,22);1H. The largest absolute Gasteiger partial charge is 1.00 e. The number of anilines is 1. The van der Waals surface area contributed by atoms with Gasteiger partial charge >= 0.3 is 6.09 Å². The molecule has 25 heavy (non-hydrogen) atoms. The summed E-state index contributed by atoms with van der Waals surface area (Å²) in [5.74, 6) is 0.832. The number of likely N-dealkylation sites (N-methyl/N-ethyl adjacent to an activating group) is 1. The summed E-state index contributed by atoms with van der Waals surface area (Å²) in [6.07, 6.45) is 7.11. The average Bonchev–Trinajstić information content (AvgIpc) is 2.55. The molecule has 5 nitrogen and oxygen atoms in total. The summed E-state index contributed by atoms with van der Waals surface area (Å²) in [5.41, 5.74) is 0.712. The number of hydrogen-bond donors (Lipinski definition) is 2. The van der Waals surface area contributed by atoms with Crippen LogP contribution < -0.4 is 27.4 Å². The van der Waals surface area contributed by atoms with E-state index in [2.05, 4.69) is 12.2 Å². The lowest BCUT2D eigenvalue weighted by Crippen LogP contribution is -3.06. The fraction of sp³-hybridized carbons (Fsp3) is 0.632. The van der Waals surface area contributed by atoms with Gasteiger partial charge in [0.05, 0.1) is 20.7 Å². The van der Waals surface area contributed by atoms with E-state index in [1.165, 1.54) is 37.0 Å². The van der Waals surface area contributed by atoms with E-state index in [4.69, 9.17) is 9.47 Å². The summed E-state index contributed by atoms with van der Waals surface area (Å²) < 4.78 is 10.8. The Kier molecular flexibility index (Phi) is 14.0. The number of ether oxygens (including phenoxy) is 2. The van der Waals surface area contributed by atoms with Gasteiger partial charge in [0.2, 0.25) is 0 Å². The average molecular weight is 373 g/mol. The lowest BCUT2D eigenvalue weighted by Gasteiger charge is -2.10. The second-order valence-electron chi connectivity index (χ2n) is 6.36. The number of unbranched alkanes of at least 4 members (excludes halogenated alkanes) is 5. The molecule has 1 aromatic rings. The van der Waals surface area contributed by atoms with Crippen molar-refractivity contribution in [3.05, 3.63) is 24.3 Å². The van der Waals surface area contributed by atoms with E-state index in [1.807, 2.05) is 38.4 Å². The van der Waals surface area contributed by atoms with E-state index < -0.39 is 6.09 Å². The van der Waals surface area contributed by atoms with E-state index in [0.717, 1.165) is 25.3 Å². The van der Waals surface area contributed by atoms with Crippen LogP contribution in [0.3, 0.4) is 0 Å². The zero-order valence-electron chi connectivity index (χ0n) is 15.8. The fourth-order valence-electron chi connectivity index (χ4n) is 2.21. The maximum atomic E-state index is 11.6. The Bertz CT molecular complexity index is 452. The second-order valence-corrected chi connectivity index (χ2v) is 6.36. The minimum absolute atomic E-state index is 0. The summed E-state index contributed by atoms with van der Waals surface area (Å²) in [7, 11) is 4.04. The van der Waals surface area contributed by atoms with Crippen LogP contribution in [0.4, 0.5) is 10.5 Å².